The predicted octanol–water partition coefficient (Wildman–Crippen LogP) is 2.48. The second-order valence-corrected chi connectivity index (χ2v) is 5.35. The Morgan fingerprint density at radius 3 is 2.35 bits per heavy atom. The summed E-state index contributed by atoms with van der Waals surface area (Å²) >= 11 is 4.87. The van der Waals surface area contributed by atoms with Crippen molar-refractivity contribution in [3.8, 4) is 0 Å². The van der Waals surface area contributed by atoms with Gasteiger partial charge in [0.05, 0.1) is 4.99 Å². The number of carbonyl (C=O) groups is 1. The molecule has 4 heteroatoms. The maximum atomic E-state index is 12.3. The van der Waals surface area contributed by atoms with Gasteiger partial charge in [-0.2, -0.15) is 0 Å². The van der Waals surface area contributed by atoms with Crippen LogP contribution in [0.15, 0.2) is 0 Å². The minimum Gasteiger partial charge on any atom is -0.393 e. The van der Waals surface area contributed by atoms with E-state index in [0.717, 1.165) is 19.4 Å². The van der Waals surface area contributed by atoms with Crippen LogP contribution in [-0.4, -0.2) is 28.9 Å². The Kier molecular flexibility index (Phi) is 6.48. The van der Waals surface area contributed by atoms with Gasteiger partial charge < -0.3 is 10.6 Å². The van der Waals surface area contributed by atoms with E-state index in [4.69, 9.17) is 18.0 Å². The van der Waals surface area contributed by atoms with Crippen molar-refractivity contribution in [2.24, 2.45) is 11.7 Å². The zero-order valence-corrected chi connectivity index (χ0v) is 11.6. The quantitative estimate of drug-likeness (QED) is 0.607. The van der Waals surface area contributed by atoms with Crippen LogP contribution >= 0.6 is 12.2 Å². The summed E-state index contributed by atoms with van der Waals surface area (Å²) in [4.78, 5) is 14.7. The van der Waals surface area contributed by atoms with Gasteiger partial charge in [0.2, 0.25) is 5.91 Å². The lowest BCUT2D eigenvalue weighted by Crippen LogP contribution is -2.37. The van der Waals surface area contributed by atoms with Gasteiger partial charge in [0.1, 0.15) is 0 Å². The Morgan fingerprint density at radius 1 is 1.29 bits per heavy atom. The third kappa shape index (κ3) is 5.02. The van der Waals surface area contributed by atoms with Gasteiger partial charge in [0.15, 0.2) is 0 Å². The molecule has 0 aromatic rings. The lowest BCUT2D eigenvalue weighted by molar-refractivity contribution is -0.135. The summed E-state index contributed by atoms with van der Waals surface area (Å²) in [6.45, 7) is 3.47. The number of thiocarbonyl (C=S) groups is 1. The number of carbonyl (C=O) groups excluding carboxylic acids is 1. The van der Waals surface area contributed by atoms with Crippen LogP contribution in [0.4, 0.5) is 0 Å². The van der Waals surface area contributed by atoms with Gasteiger partial charge in [-0.05, 0) is 19.8 Å². The molecule has 0 atom stereocenters. The minimum absolute atomic E-state index is 0.240. The maximum Gasteiger partial charge on any atom is 0.225 e. The summed E-state index contributed by atoms with van der Waals surface area (Å²) < 4.78 is 0. The van der Waals surface area contributed by atoms with E-state index in [9.17, 15) is 4.79 Å². The molecule has 0 radical (unpaired) electrons. The van der Waals surface area contributed by atoms with Crippen molar-refractivity contribution in [3.63, 3.8) is 0 Å². The molecule has 3 nitrogen and oxygen atoms in total. The summed E-state index contributed by atoms with van der Waals surface area (Å²) in [5.74, 6) is 0.550. The predicted molar refractivity (Wildman–Crippen MR) is 74.8 cm³/mol. The molecule has 0 aliphatic heterocycles. The van der Waals surface area contributed by atoms with Gasteiger partial charge in [-0.3, -0.25) is 4.79 Å². The molecule has 0 saturated heterocycles. The molecule has 0 aromatic carbocycles. The fraction of sp³-hybridized carbons (Fsp3) is 0.846. The molecule has 1 rings (SSSR count). The first-order valence-electron chi connectivity index (χ1n) is 6.72. The molecule has 0 spiro atoms. The fourth-order valence-electron chi connectivity index (χ4n) is 2.45. The number of amides is 1. The van der Waals surface area contributed by atoms with Crippen LogP contribution in [0.5, 0.6) is 0 Å². The van der Waals surface area contributed by atoms with E-state index in [1.807, 2.05) is 11.8 Å². The van der Waals surface area contributed by atoms with Gasteiger partial charge in [-0.25, -0.2) is 0 Å². The topological polar surface area (TPSA) is 46.3 Å². The Balaban J connectivity index is 2.48. The summed E-state index contributed by atoms with van der Waals surface area (Å²) in [6, 6.07) is 0. The molecule has 1 aliphatic rings. The molecule has 0 heterocycles. The second-order valence-electron chi connectivity index (χ2n) is 4.82. The lowest BCUT2D eigenvalue weighted by Gasteiger charge is -2.25. The zero-order chi connectivity index (χ0) is 12.7. The molecule has 1 amide bonds. The molecule has 1 fully saturated rings. The van der Waals surface area contributed by atoms with Crippen LogP contribution in [0, 0.1) is 5.92 Å². The first-order valence-corrected chi connectivity index (χ1v) is 7.13. The second kappa shape index (κ2) is 7.64. The first kappa shape index (κ1) is 14.4. The largest absolute Gasteiger partial charge is 0.393 e. The van der Waals surface area contributed by atoms with Crippen molar-refractivity contribution < 1.29 is 4.79 Å². The molecule has 1 aliphatic carbocycles. The Labute approximate surface area is 110 Å². The first-order chi connectivity index (χ1) is 8.15. The normalized spacial score (nSPS) is 17.5. The molecule has 0 bridgehead atoms. The van der Waals surface area contributed by atoms with Crippen molar-refractivity contribution in [3.05, 3.63) is 0 Å². The van der Waals surface area contributed by atoms with E-state index in [1.54, 1.807) is 0 Å². The Bertz CT molecular complexity index is 260. The summed E-state index contributed by atoms with van der Waals surface area (Å²) in [5.41, 5.74) is 5.49. The molecule has 1 saturated carbocycles. The number of rotatable bonds is 5. The van der Waals surface area contributed by atoms with Crippen LogP contribution in [0.2, 0.25) is 0 Å². The highest BCUT2D eigenvalue weighted by Crippen LogP contribution is 2.24. The number of hydrogen-bond donors (Lipinski definition) is 1. The van der Waals surface area contributed by atoms with Gasteiger partial charge in [0, 0.05) is 25.4 Å². The van der Waals surface area contributed by atoms with Crippen LogP contribution < -0.4 is 5.73 Å². The van der Waals surface area contributed by atoms with E-state index in [2.05, 4.69) is 0 Å². The van der Waals surface area contributed by atoms with E-state index in [0.29, 0.717) is 23.9 Å². The summed E-state index contributed by atoms with van der Waals surface area (Å²) in [6.07, 6.45) is 7.71. The van der Waals surface area contributed by atoms with Gasteiger partial charge in [-0.15, -0.1) is 0 Å². The monoisotopic (exact) mass is 256 g/mol. The molecule has 2 N–H and O–H groups in total. The third-order valence-electron chi connectivity index (χ3n) is 3.53. The Hall–Kier alpha value is -0.640. The van der Waals surface area contributed by atoms with Crippen LogP contribution in [0.25, 0.3) is 0 Å². The SMILES string of the molecule is CCN(CCC(N)=S)C(=O)C1CCCCCC1. The highest BCUT2D eigenvalue weighted by Gasteiger charge is 2.24. The third-order valence-corrected chi connectivity index (χ3v) is 3.73. The lowest BCUT2D eigenvalue weighted by atomic mass is 9.98. The van der Waals surface area contributed by atoms with Crippen molar-refractivity contribution in [2.75, 3.05) is 13.1 Å². The molecule has 98 valence electrons. The highest BCUT2D eigenvalue weighted by atomic mass is 32.1. The van der Waals surface area contributed by atoms with Crippen molar-refractivity contribution in [1.29, 1.82) is 0 Å². The molecule has 0 unspecified atom stereocenters. The van der Waals surface area contributed by atoms with Gasteiger partial charge in [-0.1, -0.05) is 37.9 Å². The molecular formula is C13H24N2OS. The van der Waals surface area contributed by atoms with E-state index in [-0.39, 0.29) is 5.92 Å². The molecular weight excluding hydrogens is 232 g/mol. The standard InChI is InChI=1S/C13H24N2OS/c1-2-15(10-9-12(14)17)13(16)11-7-5-3-4-6-8-11/h11H,2-10H2,1H3,(H2,14,17). The summed E-state index contributed by atoms with van der Waals surface area (Å²) in [5, 5.41) is 0. The number of nitrogens with two attached hydrogens (primary N) is 1. The van der Waals surface area contributed by atoms with Crippen molar-refractivity contribution in [1.82, 2.24) is 4.90 Å². The van der Waals surface area contributed by atoms with Crippen molar-refractivity contribution in [2.45, 2.75) is 51.9 Å². The molecule has 17 heavy (non-hydrogen) atoms. The Morgan fingerprint density at radius 2 is 1.88 bits per heavy atom. The minimum atomic E-state index is 0.240. The highest BCUT2D eigenvalue weighted by molar-refractivity contribution is 7.80. The smallest absolute Gasteiger partial charge is 0.225 e. The van der Waals surface area contributed by atoms with Gasteiger partial charge in [0.25, 0.3) is 0 Å². The summed E-state index contributed by atoms with van der Waals surface area (Å²) in [7, 11) is 0. The number of nitrogens with zero attached hydrogens (tertiary/aromatic N) is 1. The average Bonchev–Trinajstić information content (AvgIpc) is 2.57. The average molecular weight is 256 g/mol. The molecule has 0 aromatic heterocycles. The maximum absolute atomic E-state index is 12.3. The van der Waals surface area contributed by atoms with E-state index >= 15 is 0 Å². The van der Waals surface area contributed by atoms with Crippen LogP contribution in [0.3, 0.4) is 0 Å². The zero-order valence-electron chi connectivity index (χ0n) is 10.8. The van der Waals surface area contributed by atoms with Crippen LogP contribution in [0.1, 0.15) is 51.9 Å². The van der Waals surface area contributed by atoms with E-state index < -0.39 is 0 Å². The van der Waals surface area contributed by atoms with Crippen molar-refractivity contribution >= 4 is 23.1 Å². The van der Waals surface area contributed by atoms with Crippen LogP contribution in [-0.2, 0) is 4.79 Å². The van der Waals surface area contributed by atoms with Gasteiger partial charge >= 0.3 is 0 Å². The fourth-order valence-corrected chi connectivity index (χ4v) is 2.55. The van der Waals surface area contributed by atoms with E-state index in [1.165, 1.54) is 25.7 Å². The number of hydrogen-bond acceptors (Lipinski definition) is 2.